The maximum atomic E-state index is 12.6. The van der Waals surface area contributed by atoms with Crippen LogP contribution in [0, 0.1) is 0 Å². The fraction of sp³-hybridized carbons (Fsp3) is 0.333. The van der Waals surface area contributed by atoms with Crippen LogP contribution in [0.3, 0.4) is 0 Å². The quantitative estimate of drug-likeness (QED) is 0.504. The maximum absolute atomic E-state index is 12.6. The van der Waals surface area contributed by atoms with Crippen LogP contribution < -0.4 is 9.56 Å². The van der Waals surface area contributed by atoms with Crippen LogP contribution in [0.25, 0.3) is 0 Å². The molecule has 2 aromatic carbocycles. The number of benzene rings is 2. The molecule has 1 aliphatic rings. The van der Waals surface area contributed by atoms with Gasteiger partial charge in [0.2, 0.25) is 10.0 Å². The number of hydrogen-bond donors (Lipinski definition) is 1. The summed E-state index contributed by atoms with van der Waals surface area (Å²) in [4.78, 5) is 29.0. The molecule has 1 atom stereocenters. The van der Waals surface area contributed by atoms with Crippen molar-refractivity contribution in [2.45, 2.75) is 37.1 Å². The van der Waals surface area contributed by atoms with E-state index < -0.39 is 16.0 Å². The van der Waals surface area contributed by atoms with Crippen molar-refractivity contribution < 1.29 is 27.6 Å². The fourth-order valence-electron chi connectivity index (χ4n) is 3.31. The molecule has 3 rings (SSSR count). The van der Waals surface area contributed by atoms with Crippen molar-refractivity contribution in [2.24, 2.45) is 0 Å². The number of sulfonamides is 1. The molecule has 0 fully saturated rings. The van der Waals surface area contributed by atoms with E-state index in [4.69, 9.17) is 4.84 Å². The number of amides is 1. The van der Waals surface area contributed by atoms with Gasteiger partial charge in [0.05, 0.1) is 25.0 Å². The molecule has 0 aliphatic heterocycles. The van der Waals surface area contributed by atoms with Gasteiger partial charge in [-0.15, -0.1) is 0 Å². The van der Waals surface area contributed by atoms with Gasteiger partial charge in [0.1, 0.15) is 0 Å². The second-order valence-corrected chi connectivity index (χ2v) is 8.72. The van der Waals surface area contributed by atoms with Gasteiger partial charge in [0.25, 0.3) is 5.91 Å². The van der Waals surface area contributed by atoms with Crippen molar-refractivity contribution in [2.75, 3.05) is 13.7 Å². The highest BCUT2D eigenvalue weighted by molar-refractivity contribution is 7.89. The average Bonchev–Trinajstić information content (AvgIpc) is 3.11. The van der Waals surface area contributed by atoms with Gasteiger partial charge >= 0.3 is 5.97 Å². The Hall–Kier alpha value is -2.91. The Balaban J connectivity index is 1.65. The zero-order valence-electron chi connectivity index (χ0n) is 16.8. The minimum atomic E-state index is -3.60. The van der Waals surface area contributed by atoms with Crippen LogP contribution in [0.2, 0.25) is 0 Å². The Kier molecular flexibility index (Phi) is 6.73. The van der Waals surface area contributed by atoms with Crippen molar-refractivity contribution >= 4 is 21.9 Å². The third kappa shape index (κ3) is 5.37. The van der Waals surface area contributed by atoms with Gasteiger partial charge < -0.3 is 9.57 Å². The normalized spacial score (nSPS) is 15.3. The number of hydroxylamine groups is 2. The van der Waals surface area contributed by atoms with E-state index in [1.165, 1.54) is 14.0 Å². The predicted molar refractivity (Wildman–Crippen MR) is 109 cm³/mol. The van der Waals surface area contributed by atoms with E-state index in [1.807, 2.05) is 6.07 Å². The Morgan fingerprint density at radius 2 is 1.80 bits per heavy atom. The van der Waals surface area contributed by atoms with E-state index in [0.29, 0.717) is 18.6 Å². The summed E-state index contributed by atoms with van der Waals surface area (Å²) in [6, 6.07) is 13.4. The van der Waals surface area contributed by atoms with Crippen LogP contribution >= 0.6 is 0 Å². The minimum absolute atomic E-state index is 0.0182. The first-order valence-electron chi connectivity index (χ1n) is 9.50. The number of ether oxygens (including phenoxy) is 1. The lowest BCUT2D eigenvalue weighted by molar-refractivity contribution is -0.157. The largest absolute Gasteiger partial charge is 0.469 e. The third-order valence-electron chi connectivity index (χ3n) is 4.80. The minimum Gasteiger partial charge on any atom is -0.469 e. The van der Waals surface area contributed by atoms with Crippen LogP contribution in [-0.4, -0.2) is 45.1 Å². The van der Waals surface area contributed by atoms with Gasteiger partial charge in [-0.25, -0.2) is 13.1 Å². The standard InChI is InChI=1S/C21H24N2O6S/c1-15(24)23(11-10-21(25)28-2)29-19-9-8-16-12-18(13-17(16)14-19)22-30(26,27)20-6-4-3-5-7-20/h3-9,14,18,22H,10-13H2,1-2H3. The predicted octanol–water partition coefficient (Wildman–Crippen LogP) is 1.84. The molecule has 1 N–H and O–H groups in total. The van der Waals surface area contributed by atoms with Gasteiger partial charge in [0.15, 0.2) is 5.75 Å². The van der Waals surface area contributed by atoms with E-state index in [1.54, 1.807) is 42.5 Å². The van der Waals surface area contributed by atoms with E-state index >= 15 is 0 Å². The third-order valence-corrected chi connectivity index (χ3v) is 6.34. The van der Waals surface area contributed by atoms with Gasteiger partial charge in [-0.3, -0.25) is 9.59 Å². The smallest absolute Gasteiger partial charge is 0.307 e. The highest BCUT2D eigenvalue weighted by Gasteiger charge is 2.27. The Bertz CT molecular complexity index is 1020. The summed E-state index contributed by atoms with van der Waals surface area (Å²) < 4.78 is 32.5. The highest BCUT2D eigenvalue weighted by atomic mass is 32.2. The van der Waals surface area contributed by atoms with Crippen LogP contribution in [0.15, 0.2) is 53.4 Å². The number of carbonyl (C=O) groups is 2. The number of methoxy groups -OCH3 is 1. The summed E-state index contributed by atoms with van der Waals surface area (Å²) in [6.45, 7) is 1.41. The number of esters is 1. The molecular formula is C21H24N2O6S. The fourth-order valence-corrected chi connectivity index (χ4v) is 4.57. The van der Waals surface area contributed by atoms with Gasteiger partial charge in [-0.05, 0) is 48.2 Å². The molecule has 2 aromatic rings. The molecule has 0 spiro atoms. The van der Waals surface area contributed by atoms with Crippen LogP contribution in [0.5, 0.6) is 5.75 Å². The SMILES string of the molecule is COC(=O)CCN(Oc1ccc2c(c1)CC(NS(=O)(=O)c1ccccc1)C2)C(C)=O. The van der Waals surface area contributed by atoms with Crippen LogP contribution in [0.1, 0.15) is 24.5 Å². The number of carbonyl (C=O) groups excluding carboxylic acids is 2. The summed E-state index contributed by atoms with van der Waals surface area (Å²) in [5.41, 5.74) is 1.97. The topological polar surface area (TPSA) is 102 Å². The molecule has 0 aromatic heterocycles. The molecule has 160 valence electrons. The summed E-state index contributed by atoms with van der Waals surface area (Å²) in [5, 5.41) is 1.10. The molecule has 0 heterocycles. The van der Waals surface area contributed by atoms with E-state index in [9.17, 15) is 18.0 Å². The van der Waals surface area contributed by atoms with Gasteiger partial charge in [0, 0.05) is 13.0 Å². The van der Waals surface area contributed by atoms with Gasteiger partial charge in [-0.1, -0.05) is 24.3 Å². The molecule has 8 nitrogen and oxygen atoms in total. The second-order valence-electron chi connectivity index (χ2n) is 7.01. The molecular weight excluding hydrogens is 408 g/mol. The van der Waals surface area contributed by atoms with Crippen molar-refractivity contribution in [3.05, 3.63) is 59.7 Å². The van der Waals surface area contributed by atoms with Crippen molar-refractivity contribution in [1.29, 1.82) is 0 Å². The number of nitrogens with one attached hydrogen (secondary N) is 1. The lowest BCUT2D eigenvalue weighted by Crippen LogP contribution is -2.35. The number of rotatable bonds is 8. The molecule has 1 amide bonds. The summed E-state index contributed by atoms with van der Waals surface area (Å²) >= 11 is 0. The van der Waals surface area contributed by atoms with Gasteiger partial charge in [-0.2, -0.15) is 5.06 Å². The number of fused-ring (bicyclic) bond motifs is 1. The Morgan fingerprint density at radius 1 is 1.10 bits per heavy atom. The molecule has 0 saturated carbocycles. The second kappa shape index (κ2) is 9.27. The lowest BCUT2D eigenvalue weighted by Gasteiger charge is -2.20. The molecule has 0 radical (unpaired) electrons. The van der Waals surface area contributed by atoms with E-state index in [-0.39, 0.29) is 29.8 Å². The summed E-state index contributed by atoms with van der Waals surface area (Å²) in [6.07, 6.45) is 1.10. The average molecular weight is 432 g/mol. The Labute approximate surface area is 175 Å². The maximum Gasteiger partial charge on any atom is 0.307 e. The molecule has 1 aliphatic carbocycles. The van der Waals surface area contributed by atoms with Crippen molar-refractivity contribution in [3.63, 3.8) is 0 Å². The lowest BCUT2D eigenvalue weighted by atomic mass is 10.1. The first-order chi connectivity index (χ1) is 14.3. The zero-order valence-corrected chi connectivity index (χ0v) is 17.6. The first kappa shape index (κ1) is 21.8. The molecule has 1 unspecified atom stereocenters. The van der Waals surface area contributed by atoms with E-state index in [2.05, 4.69) is 9.46 Å². The zero-order chi connectivity index (χ0) is 21.7. The van der Waals surface area contributed by atoms with Crippen molar-refractivity contribution in [3.8, 4) is 5.75 Å². The Morgan fingerprint density at radius 3 is 2.47 bits per heavy atom. The van der Waals surface area contributed by atoms with Crippen LogP contribution in [-0.2, 0) is 37.2 Å². The summed E-state index contributed by atoms with van der Waals surface area (Å²) in [5.74, 6) is -0.333. The van der Waals surface area contributed by atoms with E-state index in [0.717, 1.165) is 16.2 Å². The number of hydrogen-bond acceptors (Lipinski definition) is 6. The van der Waals surface area contributed by atoms with Crippen molar-refractivity contribution in [1.82, 2.24) is 9.79 Å². The summed E-state index contributed by atoms with van der Waals surface area (Å²) in [7, 11) is -2.32. The monoisotopic (exact) mass is 432 g/mol. The first-order valence-corrected chi connectivity index (χ1v) is 11.0. The molecule has 0 bridgehead atoms. The molecule has 30 heavy (non-hydrogen) atoms. The number of nitrogens with zero attached hydrogens (tertiary/aromatic N) is 1. The highest BCUT2D eigenvalue weighted by Crippen LogP contribution is 2.28. The molecule has 9 heteroatoms. The molecule has 0 saturated heterocycles. The van der Waals surface area contributed by atoms with Crippen LogP contribution in [0.4, 0.5) is 0 Å².